The highest BCUT2D eigenvalue weighted by Gasteiger charge is 2.19. The number of furan rings is 1. The van der Waals surface area contributed by atoms with Crippen LogP contribution in [0, 0.1) is 0 Å². The maximum Gasteiger partial charge on any atom is 0.164 e. The average molecular weight is 704 g/mol. The molecule has 4 heteroatoms. The molecule has 0 unspecified atom stereocenters. The van der Waals surface area contributed by atoms with Gasteiger partial charge in [0.25, 0.3) is 0 Å². The Bertz CT molecular complexity index is 3260. The SMILES string of the molecule is C1=c2c(-c3nc(-c4ccc(-c5cccc6ccccc56)cc4)nc(-c4ccc5ccccc5c4)n3)cccc2=C(c2cccc3oc4ccccc4c23)CC1. The molecule has 0 fully saturated rings. The molecule has 0 radical (unpaired) electrons. The molecule has 0 bridgehead atoms. The quantitative estimate of drug-likeness (QED) is 0.179. The molecule has 0 amide bonds. The number of nitrogens with zero attached hydrogens (tertiary/aromatic N) is 3. The van der Waals surface area contributed by atoms with Gasteiger partial charge in [-0.3, -0.25) is 0 Å². The molecule has 55 heavy (non-hydrogen) atoms. The van der Waals surface area contributed by atoms with Crippen molar-refractivity contribution in [1.29, 1.82) is 0 Å². The lowest BCUT2D eigenvalue weighted by Gasteiger charge is -2.15. The van der Waals surface area contributed by atoms with E-state index in [0.717, 1.165) is 62.3 Å². The lowest BCUT2D eigenvalue weighted by Crippen LogP contribution is -2.32. The molecule has 0 aliphatic heterocycles. The largest absolute Gasteiger partial charge is 0.456 e. The zero-order valence-electron chi connectivity index (χ0n) is 29.9. The lowest BCUT2D eigenvalue weighted by molar-refractivity contribution is 0.669. The van der Waals surface area contributed by atoms with Crippen molar-refractivity contribution in [2.45, 2.75) is 12.8 Å². The van der Waals surface area contributed by atoms with Gasteiger partial charge in [0.05, 0.1) is 0 Å². The van der Waals surface area contributed by atoms with Crippen LogP contribution in [-0.2, 0) is 0 Å². The van der Waals surface area contributed by atoms with E-state index in [-0.39, 0.29) is 0 Å². The molecule has 0 spiro atoms. The summed E-state index contributed by atoms with van der Waals surface area (Å²) in [5, 5.41) is 9.45. The van der Waals surface area contributed by atoms with Gasteiger partial charge in [0.15, 0.2) is 17.5 Å². The van der Waals surface area contributed by atoms with E-state index in [0.29, 0.717) is 17.5 Å². The van der Waals surface area contributed by atoms with Gasteiger partial charge in [-0.05, 0) is 85.3 Å². The van der Waals surface area contributed by atoms with Crippen LogP contribution >= 0.6 is 0 Å². The number of hydrogen-bond acceptors (Lipinski definition) is 4. The van der Waals surface area contributed by atoms with E-state index in [1.54, 1.807) is 0 Å². The highest BCUT2D eigenvalue weighted by Crippen LogP contribution is 2.36. The third-order valence-corrected chi connectivity index (χ3v) is 11.0. The number of para-hydroxylation sites is 1. The molecule has 0 saturated heterocycles. The Labute approximate surface area is 317 Å². The molecule has 0 saturated carbocycles. The van der Waals surface area contributed by atoms with Crippen LogP contribution in [0.3, 0.4) is 0 Å². The Morgan fingerprint density at radius 3 is 1.93 bits per heavy atom. The summed E-state index contributed by atoms with van der Waals surface area (Å²) in [5.74, 6) is 1.95. The summed E-state index contributed by atoms with van der Waals surface area (Å²) in [5.41, 5.74) is 9.59. The van der Waals surface area contributed by atoms with Crippen molar-refractivity contribution >= 4 is 55.1 Å². The molecule has 4 nitrogen and oxygen atoms in total. The number of benzene rings is 8. The summed E-state index contributed by atoms with van der Waals surface area (Å²) >= 11 is 0. The summed E-state index contributed by atoms with van der Waals surface area (Å²) in [6.45, 7) is 0. The second-order valence-corrected chi connectivity index (χ2v) is 14.2. The lowest BCUT2D eigenvalue weighted by atomic mass is 9.89. The van der Waals surface area contributed by atoms with Crippen LogP contribution in [0.4, 0.5) is 0 Å². The Kier molecular flexibility index (Phi) is 7.27. The molecule has 0 N–H and O–H groups in total. The molecule has 8 aromatic carbocycles. The molecule has 258 valence electrons. The first-order valence-electron chi connectivity index (χ1n) is 18.8. The highest BCUT2D eigenvalue weighted by molar-refractivity contribution is 6.10. The molecular formula is C51H33N3O. The fourth-order valence-corrected chi connectivity index (χ4v) is 8.40. The van der Waals surface area contributed by atoms with Crippen LogP contribution in [0.5, 0.6) is 0 Å². The second-order valence-electron chi connectivity index (χ2n) is 14.2. The van der Waals surface area contributed by atoms with E-state index in [9.17, 15) is 0 Å². The zero-order chi connectivity index (χ0) is 36.3. The van der Waals surface area contributed by atoms with Crippen LogP contribution in [0.1, 0.15) is 18.4 Å². The van der Waals surface area contributed by atoms with Crippen LogP contribution in [0.15, 0.2) is 174 Å². The molecule has 0 atom stereocenters. The first kappa shape index (κ1) is 31.4. The van der Waals surface area contributed by atoms with Gasteiger partial charge in [-0.2, -0.15) is 0 Å². The van der Waals surface area contributed by atoms with Gasteiger partial charge >= 0.3 is 0 Å². The van der Waals surface area contributed by atoms with Crippen molar-refractivity contribution < 1.29 is 4.42 Å². The van der Waals surface area contributed by atoms with Crippen LogP contribution < -0.4 is 10.4 Å². The number of aromatic nitrogens is 3. The smallest absolute Gasteiger partial charge is 0.164 e. The Hall–Kier alpha value is -7.17. The third-order valence-electron chi connectivity index (χ3n) is 11.0. The van der Waals surface area contributed by atoms with Gasteiger partial charge in [-0.25, -0.2) is 15.0 Å². The summed E-state index contributed by atoms with van der Waals surface area (Å²) < 4.78 is 6.31. The van der Waals surface area contributed by atoms with Crippen molar-refractivity contribution in [2.75, 3.05) is 0 Å². The minimum absolute atomic E-state index is 0.643. The van der Waals surface area contributed by atoms with E-state index in [4.69, 9.17) is 19.4 Å². The van der Waals surface area contributed by atoms with Crippen LogP contribution in [-0.4, -0.2) is 15.0 Å². The molecular weight excluding hydrogens is 671 g/mol. The minimum atomic E-state index is 0.643. The normalized spacial score (nSPS) is 12.7. The molecule has 11 rings (SSSR count). The zero-order valence-corrected chi connectivity index (χ0v) is 29.9. The predicted molar refractivity (Wildman–Crippen MR) is 226 cm³/mol. The Morgan fingerprint density at radius 1 is 0.418 bits per heavy atom. The van der Waals surface area contributed by atoms with Gasteiger partial charge in [0.1, 0.15) is 11.2 Å². The van der Waals surface area contributed by atoms with Gasteiger partial charge < -0.3 is 4.42 Å². The third kappa shape index (κ3) is 5.33. The highest BCUT2D eigenvalue weighted by atomic mass is 16.3. The maximum atomic E-state index is 6.31. The van der Waals surface area contributed by atoms with E-state index in [1.807, 2.05) is 12.1 Å². The maximum absolute atomic E-state index is 6.31. The first-order valence-corrected chi connectivity index (χ1v) is 18.8. The summed E-state index contributed by atoms with van der Waals surface area (Å²) in [6, 6.07) is 59.7. The monoisotopic (exact) mass is 703 g/mol. The standard InChI is InChI=1S/C51H33N3O/c1-2-13-36-31-37(30-25-32(36)11-1)50-52-49(35-28-26-34(27-29-35)39-17-7-14-33-12-3-4-15-38(33)39)53-51(54-50)44-22-9-18-40-41(19-8-20-42(40)44)43-21-10-24-47-48(43)45-16-5-6-23-46(45)55-47/h1-7,9-18,20-31H,8,19H2. The first-order chi connectivity index (χ1) is 27.2. The van der Waals surface area contributed by atoms with Crippen molar-refractivity contribution in [3.05, 3.63) is 186 Å². The van der Waals surface area contributed by atoms with Gasteiger partial charge in [-0.15, -0.1) is 0 Å². The summed E-state index contributed by atoms with van der Waals surface area (Å²) in [4.78, 5) is 15.6. The van der Waals surface area contributed by atoms with Gasteiger partial charge in [0, 0.05) is 27.5 Å². The van der Waals surface area contributed by atoms with E-state index < -0.39 is 0 Å². The van der Waals surface area contributed by atoms with Gasteiger partial charge in [-0.1, -0.05) is 158 Å². The Morgan fingerprint density at radius 2 is 1.04 bits per heavy atom. The summed E-state index contributed by atoms with van der Waals surface area (Å²) in [6.07, 6.45) is 4.19. The molecule has 1 aliphatic rings. The van der Waals surface area contributed by atoms with E-state index in [2.05, 4.69) is 164 Å². The van der Waals surface area contributed by atoms with Crippen LogP contribution in [0.2, 0.25) is 0 Å². The fourth-order valence-electron chi connectivity index (χ4n) is 8.40. The van der Waals surface area contributed by atoms with Gasteiger partial charge in [0.2, 0.25) is 0 Å². The van der Waals surface area contributed by atoms with Crippen molar-refractivity contribution in [1.82, 2.24) is 15.0 Å². The predicted octanol–water partition coefficient (Wildman–Crippen LogP) is 11.5. The topological polar surface area (TPSA) is 51.8 Å². The molecule has 1 aliphatic carbocycles. The number of fused-ring (bicyclic) bond motifs is 6. The van der Waals surface area contributed by atoms with Crippen LogP contribution in [0.25, 0.3) is 100 Å². The summed E-state index contributed by atoms with van der Waals surface area (Å²) in [7, 11) is 0. The Balaban J connectivity index is 1.10. The number of hydrogen-bond donors (Lipinski definition) is 0. The number of rotatable bonds is 5. The van der Waals surface area contributed by atoms with Crippen molar-refractivity contribution in [3.8, 4) is 45.3 Å². The van der Waals surface area contributed by atoms with E-state index >= 15 is 0 Å². The second kappa shape index (κ2) is 12.8. The molecule has 10 aromatic rings. The van der Waals surface area contributed by atoms with Crippen molar-refractivity contribution in [2.24, 2.45) is 0 Å². The fraction of sp³-hybridized carbons (Fsp3) is 0.0392. The average Bonchev–Trinajstić information content (AvgIpc) is 3.65. The minimum Gasteiger partial charge on any atom is -0.456 e. The van der Waals surface area contributed by atoms with Crippen molar-refractivity contribution in [3.63, 3.8) is 0 Å². The molecule has 2 aromatic heterocycles. The molecule has 2 heterocycles. The van der Waals surface area contributed by atoms with E-state index in [1.165, 1.54) is 43.5 Å².